The molecular formula is C9H9N5O2. The van der Waals surface area contributed by atoms with E-state index in [1.165, 1.54) is 6.20 Å². The number of aromatic nitrogens is 4. The van der Waals surface area contributed by atoms with Crippen LogP contribution in [-0.2, 0) is 6.42 Å². The van der Waals surface area contributed by atoms with Crippen LogP contribution in [0.1, 0.15) is 12.6 Å². The van der Waals surface area contributed by atoms with Crippen molar-refractivity contribution in [3.63, 3.8) is 0 Å². The van der Waals surface area contributed by atoms with Crippen LogP contribution in [-0.4, -0.2) is 24.4 Å². The van der Waals surface area contributed by atoms with Crippen LogP contribution in [0.3, 0.4) is 0 Å². The summed E-state index contributed by atoms with van der Waals surface area (Å²) >= 11 is 0. The van der Waals surface area contributed by atoms with E-state index in [-0.39, 0.29) is 5.69 Å². The fourth-order valence-electron chi connectivity index (χ4n) is 1.31. The predicted octanol–water partition coefficient (Wildman–Crippen LogP) is 1.13. The zero-order chi connectivity index (χ0) is 11.5. The van der Waals surface area contributed by atoms with E-state index >= 15 is 0 Å². The molecule has 0 fully saturated rings. The summed E-state index contributed by atoms with van der Waals surface area (Å²) in [7, 11) is 0. The van der Waals surface area contributed by atoms with Crippen LogP contribution in [0, 0.1) is 10.1 Å². The lowest BCUT2D eigenvalue weighted by Gasteiger charge is -2.02. The van der Waals surface area contributed by atoms with Crippen molar-refractivity contribution in [3.8, 4) is 5.95 Å². The molecule has 2 heterocycles. The smallest absolute Gasteiger partial charge is 0.274 e. The molecule has 0 aliphatic heterocycles. The third kappa shape index (κ3) is 1.74. The molecule has 2 aromatic heterocycles. The lowest BCUT2D eigenvalue weighted by molar-refractivity contribution is -0.386. The molecule has 0 N–H and O–H groups in total. The molecule has 82 valence electrons. The Hall–Kier alpha value is -2.31. The molecule has 0 radical (unpaired) electrons. The number of nitro groups is 1. The van der Waals surface area contributed by atoms with Crippen LogP contribution < -0.4 is 0 Å². The Morgan fingerprint density at radius 1 is 1.56 bits per heavy atom. The molecule has 0 unspecified atom stereocenters. The summed E-state index contributed by atoms with van der Waals surface area (Å²) in [6.07, 6.45) is 6.53. The maximum atomic E-state index is 10.7. The van der Waals surface area contributed by atoms with Gasteiger partial charge in [-0.1, -0.05) is 6.92 Å². The topological polar surface area (TPSA) is 86.7 Å². The van der Waals surface area contributed by atoms with Crippen LogP contribution in [0.4, 0.5) is 5.69 Å². The molecule has 0 amide bonds. The highest BCUT2D eigenvalue weighted by molar-refractivity contribution is 5.34. The second kappa shape index (κ2) is 4.05. The molecule has 0 bridgehead atoms. The number of rotatable bonds is 3. The summed E-state index contributed by atoms with van der Waals surface area (Å²) in [6, 6.07) is 0. The van der Waals surface area contributed by atoms with E-state index in [9.17, 15) is 10.1 Å². The monoisotopic (exact) mass is 219 g/mol. The molecule has 7 nitrogen and oxygen atoms in total. The standard InChI is InChI=1S/C9H9N5O2/c1-2-7-8(14(15)16)5-11-9(12-7)13-4-3-10-6-13/h3-6H,2H2,1H3. The molecule has 7 heteroatoms. The molecule has 0 spiro atoms. The Labute approximate surface area is 90.9 Å². The third-order valence-corrected chi connectivity index (χ3v) is 2.10. The summed E-state index contributed by atoms with van der Waals surface area (Å²) in [4.78, 5) is 22.1. The van der Waals surface area contributed by atoms with Gasteiger partial charge in [-0.2, -0.15) is 0 Å². The maximum Gasteiger partial charge on any atom is 0.309 e. The number of hydrogen-bond donors (Lipinski definition) is 0. The number of nitrogens with zero attached hydrogens (tertiary/aromatic N) is 5. The van der Waals surface area contributed by atoms with Crippen molar-refractivity contribution in [3.05, 3.63) is 40.7 Å². The normalized spacial score (nSPS) is 10.3. The van der Waals surface area contributed by atoms with Gasteiger partial charge in [0.25, 0.3) is 0 Å². The third-order valence-electron chi connectivity index (χ3n) is 2.10. The Bertz CT molecular complexity index is 509. The number of aryl methyl sites for hydroxylation is 1. The minimum Gasteiger partial charge on any atom is -0.274 e. The summed E-state index contributed by atoms with van der Waals surface area (Å²) in [6.45, 7) is 1.81. The number of imidazole rings is 1. The van der Waals surface area contributed by atoms with Crippen molar-refractivity contribution in [1.29, 1.82) is 0 Å². The van der Waals surface area contributed by atoms with Gasteiger partial charge in [-0.3, -0.25) is 14.7 Å². The van der Waals surface area contributed by atoms with E-state index < -0.39 is 4.92 Å². The minimum absolute atomic E-state index is 0.0497. The van der Waals surface area contributed by atoms with E-state index in [0.29, 0.717) is 18.1 Å². The van der Waals surface area contributed by atoms with E-state index in [1.807, 2.05) is 6.92 Å². The van der Waals surface area contributed by atoms with Crippen molar-refractivity contribution < 1.29 is 4.92 Å². The Morgan fingerprint density at radius 3 is 2.94 bits per heavy atom. The zero-order valence-corrected chi connectivity index (χ0v) is 8.57. The van der Waals surface area contributed by atoms with E-state index in [1.54, 1.807) is 23.3 Å². The van der Waals surface area contributed by atoms with Gasteiger partial charge in [-0.05, 0) is 6.42 Å². The largest absolute Gasteiger partial charge is 0.309 e. The summed E-state index contributed by atoms with van der Waals surface area (Å²) in [5.41, 5.74) is 0.370. The summed E-state index contributed by atoms with van der Waals surface area (Å²) in [5, 5.41) is 10.7. The first-order valence-corrected chi connectivity index (χ1v) is 4.71. The predicted molar refractivity (Wildman–Crippen MR) is 55.2 cm³/mol. The fraction of sp³-hybridized carbons (Fsp3) is 0.222. The highest BCUT2D eigenvalue weighted by Crippen LogP contribution is 2.16. The molecule has 2 rings (SSSR count). The van der Waals surface area contributed by atoms with Gasteiger partial charge in [0.1, 0.15) is 18.2 Å². The zero-order valence-electron chi connectivity index (χ0n) is 8.57. The Morgan fingerprint density at radius 2 is 2.38 bits per heavy atom. The quantitative estimate of drug-likeness (QED) is 0.570. The first-order chi connectivity index (χ1) is 7.72. The second-order valence-corrected chi connectivity index (χ2v) is 3.08. The fourth-order valence-corrected chi connectivity index (χ4v) is 1.31. The van der Waals surface area contributed by atoms with Crippen LogP contribution in [0.15, 0.2) is 24.9 Å². The van der Waals surface area contributed by atoms with Crippen LogP contribution in [0.5, 0.6) is 0 Å². The lowest BCUT2D eigenvalue weighted by atomic mass is 10.3. The second-order valence-electron chi connectivity index (χ2n) is 3.08. The average Bonchev–Trinajstić information content (AvgIpc) is 2.81. The van der Waals surface area contributed by atoms with Crippen molar-refractivity contribution >= 4 is 5.69 Å². The molecule has 0 aliphatic rings. The van der Waals surface area contributed by atoms with E-state index in [2.05, 4.69) is 15.0 Å². The van der Waals surface area contributed by atoms with Crippen molar-refractivity contribution in [1.82, 2.24) is 19.5 Å². The van der Waals surface area contributed by atoms with Crippen molar-refractivity contribution in [2.75, 3.05) is 0 Å². The molecule has 0 saturated heterocycles. The summed E-state index contributed by atoms with van der Waals surface area (Å²) in [5.74, 6) is 0.389. The van der Waals surface area contributed by atoms with Gasteiger partial charge in [-0.15, -0.1) is 0 Å². The van der Waals surface area contributed by atoms with Gasteiger partial charge in [0.2, 0.25) is 5.95 Å². The number of hydrogen-bond acceptors (Lipinski definition) is 5. The highest BCUT2D eigenvalue weighted by Gasteiger charge is 2.15. The molecule has 0 saturated carbocycles. The van der Waals surface area contributed by atoms with Gasteiger partial charge >= 0.3 is 5.69 Å². The first kappa shape index (κ1) is 10.2. The highest BCUT2D eigenvalue weighted by atomic mass is 16.6. The minimum atomic E-state index is -0.476. The van der Waals surface area contributed by atoms with Gasteiger partial charge in [0, 0.05) is 12.4 Å². The Balaban J connectivity index is 2.49. The van der Waals surface area contributed by atoms with Gasteiger partial charge in [-0.25, -0.2) is 15.0 Å². The van der Waals surface area contributed by atoms with Crippen molar-refractivity contribution in [2.24, 2.45) is 0 Å². The summed E-state index contributed by atoms with van der Waals surface area (Å²) < 4.78 is 1.60. The molecule has 0 atom stereocenters. The Kier molecular flexibility index (Phi) is 2.59. The van der Waals surface area contributed by atoms with Crippen LogP contribution >= 0.6 is 0 Å². The van der Waals surface area contributed by atoms with Crippen LogP contribution in [0.25, 0.3) is 5.95 Å². The molecule has 2 aromatic rings. The van der Waals surface area contributed by atoms with Gasteiger partial charge in [0.15, 0.2) is 0 Å². The first-order valence-electron chi connectivity index (χ1n) is 4.71. The van der Waals surface area contributed by atoms with E-state index in [4.69, 9.17) is 0 Å². The molecule has 16 heavy (non-hydrogen) atoms. The average molecular weight is 219 g/mol. The molecule has 0 aromatic carbocycles. The lowest BCUT2D eigenvalue weighted by Crippen LogP contribution is -2.05. The maximum absolute atomic E-state index is 10.7. The molecular weight excluding hydrogens is 210 g/mol. The van der Waals surface area contributed by atoms with Gasteiger partial charge in [0.05, 0.1) is 4.92 Å². The van der Waals surface area contributed by atoms with Crippen LogP contribution in [0.2, 0.25) is 0 Å². The SMILES string of the molecule is CCc1nc(-n2ccnc2)ncc1[N+](=O)[O-]. The van der Waals surface area contributed by atoms with E-state index in [0.717, 1.165) is 0 Å². The van der Waals surface area contributed by atoms with Crippen molar-refractivity contribution in [2.45, 2.75) is 13.3 Å². The molecule has 0 aliphatic carbocycles. The van der Waals surface area contributed by atoms with Gasteiger partial charge < -0.3 is 0 Å².